The monoisotopic (exact) mass is 230 g/mol. The summed E-state index contributed by atoms with van der Waals surface area (Å²) in [6, 6.07) is 5.20. The lowest BCUT2D eigenvalue weighted by atomic mass is 10.2. The number of anilines is 1. The molecular formula is C11H10N4O2. The predicted octanol–water partition coefficient (Wildman–Crippen LogP) is 1.01. The van der Waals surface area contributed by atoms with Crippen LogP contribution in [0.25, 0.3) is 10.9 Å². The Morgan fingerprint density at radius 1 is 1.29 bits per heavy atom. The number of carbonyl (C=O) groups excluding carboxylic acids is 2. The van der Waals surface area contributed by atoms with Gasteiger partial charge in [0.05, 0.1) is 17.4 Å². The average Bonchev–Trinajstić information content (AvgIpc) is 2.77. The smallest absolute Gasteiger partial charge is 0.293 e. The lowest BCUT2D eigenvalue weighted by Crippen LogP contribution is -2.49. The van der Waals surface area contributed by atoms with Crippen LogP contribution in [0.4, 0.5) is 10.5 Å². The Hall–Kier alpha value is -2.37. The van der Waals surface area contributed by atoms with Crippen LogP contribution in [-0.4, -0.2) is 28.7 Å². The lowest BCUT2D eigenvalue weighted by molar-refractivity contribution is -0.120. The summed E-state index contributed by atoms with van der Waals surface area (Å²) in [5, 5.41) is 9.97. The van der Waals surface area contributed by atoms with Gasteiger partial charge >= 0.3 is 6.03 Å². The van der Waals surface area contributed by atoms with E-state index < -0.39 is 0 Å². The second-order valence-electron chi connectivity index (χ2n) is 3.86. The van der Waals surface area contributed by atoms with E-state index in [-0.39, 0.29) is 11.9 Å². The second-order valence-corrected chi connectivity index (χ2v) is 3.86. The predicted molar refractivity (Wildman–Crippen MR) is 61.6 cm³/mol. The minimum Gasteiger partial charge on any atom is -0.293 e. The first-order valence-electron chi connectivity index (χ1n) is 5.29. The van der Waals surface area contributed by atoms with Gasteiger partial charge in [-0.2, -0.15) is 5.10 Å². The highest BCUT2D eigenvalue weighted by Gasteiger charge is 2.25. The number of H-pyrrole nitrogens is 1. The molecule has 1 aliphatic heterocycles. The topological polar surface area (TPSA) is 78.1 Å². The van der Waals surface area contributed by atoms with Crippen molar-refractivity contribution in [1.29, 1.82) is 0 Å². The van der Waals surface area contributed by atoms with E-state index in [9.17, 15) is 9.59 Å². The molecule has 0 saturated carbocycles. The molecule has 1 aliphatic rings. The molecule has 0 radical (unpaired) electrons. The number of imide groups is 1. The third-order valence-electron chi connectivity index (χ3n) is 2.81. The SMILES string of the molecule is O=C1CCN(c2cccc3[nH]ncc23)C(=O)N1. The van der Waals surface area contributed by atoms with Crippen molar-refractivity contribution in [2.45, 2.75) is 6.42 Å². The van der Waals surface area contributed by atoms with E-state index in [1.54, 1.807) is 11.1 Å². The third kappa shape index (κ3) is 1.54. The van der Waals surface area contributed by atoms with Crippen molar-refractivity contribution in [1.82, 2.24) is 15.5 Å². The molecule has 17 heavy (non-hydrogen) atoms. The van der Waals surface area contributed by atoms with Crippen molar-refractivity contribution in [3.05, 3.63) is 24.4 Å². The number of nitrogens with zero attached hydrogens (tertiary/aromatic N) is 2. The van der Waals surface area contributed by atoms with Crippen LogP contribution in [0.2, 0.25) is 0 Å². The summed E-state index contributed by atoms with van der Waals surface area (Å²) in [6.07, 6.45) is 1.99. The van der Waals surface area contributed by atoms with Gasteiger partial charge in [0.25, 0.3) is 0 Å². The molecule has 0 spiro atoms. The van der Waals surface area contributed by atoms with Crippen molar-refractivity contribution < 1.29 is 9.59 Å². The number of aromatic amines is 1. The highest BCUT2D eigenvalue weighted by molar-refractivity contribution is 6.09. The molecule has 0 aliphatic carbocycles. The Bertz CT molecular complexity index is 604. The largest absolute Gasteiger partial charge is 0.328 e. The van der Waals surface area contributed by atoms with Crippen molar-refractivity contribution in [3.63, 3.8) is 0 Å². The van der Waals surface area contributed by atoms with Gasteiger partial charge in [-0.15, -0.1) is 0 Å². The standard InChI is InChI=1S/C11H10N4O2/c16-10-4-5-15(11(17)13-10)9-3-1-2-8-7(9)6-12-14-8/h1-3,6H,4-5H2,(H,12,14)(H,13,16,17). The Labute approximate surface area is 96.6 Å². The van der Waals surface area contributed by atoms with Crippen molar-refractivity contribution in [3.8, 4) is 0 Å². The Balaban J connectivity index is 2.06. The van der Waals surface area contributed by atoms with Crippen LogP contribution in [0.1, 0.15) is 6.42 Å². The number of hydrogen-bond acceptors (Lipinski definition) is 3. The first-order chi connectivity index (χ1) is 8.25. The molecule has 2 heterocycles. The van der Waals surface area contributed by atoms with Gasteiger partial charge in [-0.3, -0.25) is 20.1 Å². The van der Waals surface area contributed by atoms with E-state index in [4.69, 9.17) is 0 Å². The zero-order chi connectivity index (χ0) is 11.8. The van der Waals surface area contributed by atoms with Crippen LogP contribution < -0.4 is 10.2 Å². The molecule has 2 N–H and O–H groups in total. The molecule has 3 rings (SSSR count). The van der Waals surface area contributed by atoms with Crippen LogP contribution in [-0.2, 0) is 4.79 Å². The molecule has 0 atom stereocenters. The van der Waals surface area contributed by atoms with E-state index in [2.05, 4.69) is 15.5 Å². The zero-order valence-electron chi connectivity index (χ0n) is 8.93. The van der Waals surface area contributed by atoms with Crippen LogP contribution in [0.5, 0.6) is 0 Å². The summed E-state index contributed by atoms with van der Waals surface area (Å²) in [5.74, 6) is -0.231. The first-order valence-corrected chi connectivity index (χ1v) is 5.29. The van der Waals surface area contributed by atoms with E-state index in [0.29, 0.717) is 13.0 Å². The number of hydrogen-bond donors (Lipinski definition) is 2. The van der Waals surface area contributed by atoms with Gasteiger partial charge in [-0.05, 0) is 12.1 Å². The molecule has 6 nitrogen and oxygen atoms in total. The van der Waals surface area contributed by atoms with Crippen molar-refractivity contribution in [2.24, 2.45) is 0 Å². The summed E-state index contributed by atoms with van der Waals surface area (Å²) < 4.78 is 0. The van der Waals surface area contributed by atoms with Gasteiger partial charge in [-0.25, -0.2) is 4.79 Å². The fourth-order valence-corrected chi connectivity index (χ4v) is 1.98. The fraction of sp³-hybridized carbons (Fsp3) is 0.182. The first kappa shape index (κ1) is 9.83. The molecule has 86 valence electrons. The van der Waals surface area contributed by atoms with E-state index >= 15 is 0 Å². The van der Waals surface area contributed by atoms with E-state index in [1.165, 1.54) is 0 Å². The maximum atomic E-state index is 11.7. The highest BCUT2D eigenvalue weighted by atomic mass is 16.2. The fourth-order valence-electron chi connectivity index (χ4n) is 1.98. The van der Waals surface area contributed by atoms with Crippen LogP contribution in [0, 0.1) is 0 Å². The number of benzene rings is 1. The molecule has 1 aromatic carbocycles. The van der Waals surface area contributed by atoms with Gasteiger partial charge < -0.3 is 0 Å². The maximum Gasteiger partial charge on any atom is 0.328 e. The molecule has 3 amide bonds. The summed E-state index contributed by atoms with van der Waals surface area (Å²) in [6.45, 7) is 0.398. The second kappa shape index (κ2) is 3.58. The van der Waals surface area contributed by atoms with Gasteiger partial charge in [0, 0.05) is 18.4 Å². The lowest BCUT2D eigenvalue weighted by Gasteiger charge is -2.26. The number of urea groups is 1. The third-order valence-corrected chi connectivity index (χ3v) is 2.81. The Morgan fingerprint density at radius 3 is 3.00 bits per heavy atom. The number of nitrogens with one attached hydrogen (secondary N) is 2. The quantitative estimate of drug-likeness (QED) is 0.767. The molecule has 6 heteroatoms. The summed E-state index contributed by atoms with van der Waals surface area (Å²) in [5.41, 5.74) is 1.63. The molecular weight excluding hydrogens is 220 g/mol. The molecule has 1 aromatic heterocycles. The Morgan fingerprint density at radius 2 is 2.18 bits per heavy atom. The van der Waals surface area contributed by atoms with Crippen LogP contribution in [0.15, 0.2) is 24.4 Å². The number of fused-ring (bicyclic) bond motifs is 1. The number of amides is 3. The van der Waals surface area contributed by atoms with Gasteiger partial charge in [-0.1, -0.05) is 6.07 Å². The molecule has 0 unspecified atom stereocenters. The minimum absolute atomic E-state index is 0.231. The van der Waals surface area contributed by atoms with Gasteiger partial charge in [0.1, 0.15) is 0 Å². The normalized spacial score (nSPS) is 16.4. The molecule has 1 saturated heterocycles. The summed E-state index contributed by atoms with van der Waals surface area (Å²) in [4.78, 5) is 24.4. The average molecular weight is 230 g/mol. The Kier molecular flexibility index (Phi) is 2.07. The minimum atomic E-state index is -0.380. The van der Waals surface area contributed by atoms with Crippen LogP contribution in [0.3, 0.4) is 0 Å². The van der Waals surface area contributed by atoms with Crippen molar-refractivity contribution >= 4 is 28.5 Å². The van der Waals surface area contributed by atoms with E-state index in [1.807, 2.05) is 18.2 Å². The molecule has 0 bridgehead atoms. The van der Waals surface area contributed by atoms with Gasteiger partial charge in [0.15, 0.2) is 0 Å². The zero-order valence-corrected chi connectivity index (χ0v) is 8.93. The van der Waals surface area contributed by atoms with Crippen LogP contribution >= 0.6 is 0 Å². The summed E-state index contributed by atoms with van der Waals surface area (Å²) in [7, 11) is 0. The van der Waals surface area contributed by atoms with E-state index in [0.717, 1.165) is 16.6 Å². The summed E-state index contributed by atoms with van der Waals surface area (Å²) >= 11 is 0. The number of carbonyl (C=O) groups is 2. The maximum absolute atomic E-state index is 11.7. The number of rotatable bonds is 1. The molecule has 1 fully saturated rings. The number of aromatic nitrogens is 2. The van der Waals surface area contributed by atoms with Crippen molar-refractivity contribution in [2.75, 3.05) is 11.4 Å². The van der Waals surface area contributed by atoms with Gasteiger partial charge in [0.2, 0.25) is 5.91 Å². The molecule has 2 aromatic rings. The highest BCUT2D eigenvalue weighted by Crippen LogP contribution is 2.26.